The summed E-state index contributed by atoms with van der Waals surface area (Å²) in [5.41, 5.74) is 0. The van der Waals surface area contributed by atoms with Gasteiger partial charge in [0.15, 0.2) is 0 Å². The Morgan fingerprint density at radius 2 is 2.15 bits per heavy atom. The van der Waals surface area contributed by atoms with Crippen molar-refractivity contribution in [3.63, 3.8) is 0 Å². The second-order valence-corrected chi connectivity index (χ2v) is 2.47. The molecule has 0 aliphatic rings. The Hall–Kier alpha value is -1.09. The van der Waals surface area contributed by atoms with Crippen LogP contribution in [0.5, 0.6) is 0 Å². The van der Waals surface area contributed by atoms with Crippen LogP contribution in [0.1, 0.15) is 20.3 Å². The Morgan fingerprint density at radius 1 is 1.46 bits per heavy atom. The van der Waals surface area contributed by atoms with Gasteiger partial charge in [0.1, 0.15) is 0 Å². The molecule has 3 nitrogen and oxygen atoms in total. The van der Waals surface area contributed by atoms with Crippen molar-refractivity contribution in [2.24, 2.45) is 0 Å². The molecular formula is C10H16O3. The average molecular weight is 184 g/mol. The quantitative estimate of drug-likeness (QED) is 0.399. The molecule has 0 saturated carbocycles. The lowest BCUT2D eigenvalue weighted by molar-refractivity contribution is -0.137. The number of allylic oxidation sites excluding steroid dienone is 2. The summed E-state index contributed by atoms with van der Waals surface area (Å²) in [6.07, 6.45) is 6.36. The lowest BCUT2D eigenvalue weighted by Crippen LogP contribution is -1.99. The maximum atomic E-state index is 10.8. The van der Waals surface area contributed by atoms with Crippen molar-refractivity contribution >= 4 is 5.97 Å². The molecule has 0 radical (unpaired) electrons. The van der Waals surface area contributed by atoms with E-state index in [9.17, 15) is 4.79 Å². The van der Waals surface area contributed by atoms with Gasteiger partial charge in [-0.25, -0.2) is 4.79 Å². The average Bonchev–Trinajstić information content (AvgIpc) is 2.12. The third-order valence-corrected chi connectivity index (χ3v) is 1.38. The maximum absolute atomic E-state index is 10.8. The summed E-state index contributed by atoms with van der Waals surface area (Å²) in [5.74, 6) is -0.363. The van der Waals surface area contributed by atoms with Crippen LogP contribution in [0.15, 0.2) is 24.3 Å². The van der Waals surface area contributed by atoms with Crippen LogP contribution in [0.3, 0.4) is 0 Å². The monoisotopic (exact) mass is 184 g/mol. The van der Waals surface area contributed by atoms with Crippen LogP contribution in [0, 0.1) is 0 Å². The van der Waals surface area contributed by atoms with Gasteiger partial charge in [0, 0.05) is 6.08 Å². The normalized spacial score (nSPS) is 13.8. The van der Waals surface area contributed by atoms with E-state index in [-0.39, 0.29) is 5.97 Å². The number of hydrogen-bond donors (Lipinski definition) is 1. The molecule has 1 atom stereocenters. The van der Waals surface area contributed by atoms with Crippen LogP contribution in [0.4, 0.5) is 0 Å². The minimum absolute atomic E-state index is 0.363. The highest BCUT2D eigenvalue weighted by atomic mass is 16.5. The van der Waals surface area contributed by atoms with Crippen molar-refractivity contribution in [3.05, 3.63) is 24.3 Å². The second-order valence-electron chi connectivity index (χ2n) is 2.47. The van der Waals surface area contributed by atoms with Gasteiger partial charge >= 0.3 is 5.97 Å². The molecule has 0 saturated heterocycles. The van der Waals surface area contributed by atoms with Crippen LogP contribution < -0.4 is 0 Å². The van der Waals surface area contributed by atoms with E-state index in [2.05, 4.69) is 4.74 Å². The lowest BCUT2D eigenvalue weighted by atomic mass is 10.2. The molecule has 1 N–H and O–H groups in total. The molecule has 74 valence electrons. The summed E-state index contributed by atoms with van der Waals surface area (Å²) in [7, 11) is 0. The maximum Gasteiger partial charge on any atom is 0.330 e. The fraction of sp³-hybridized carbons (Fsp3) is 0.500. The van der Waals surface area contributed by atoms with Crippen molar-refractivity contribution in [2.75, 3.05) is 6.61 Å². The highest BCUT2D eigenvalue weighted by Crippen LogP contribution is 1.92. The number of carbonyl (C=O) groups excluding carboxylic acids is 1. The van der Waals surface area contributed by atoms with Gasteiger partial charge in [-0.05, 0) is 13.3 Å². The van der Waals surface area contributed by atoms with Gasteiger partial charge in [0.2, 0.25) is 0 Å². The van der Waals surface area contributed by atoms with E-state index in [1.807, 2.05) is 6.92 Å². The Morgan fingerprint density at radius 3 is 2.69 bits per heavy atom. The molecule has 0 amide bonds. The molecular weight excluding hydrogens is 168 g/mol. The molecule has 0 aromatic carbocycles. The summed E-state index contributed by atoms with van der Waals surface area (Å²) in [4.78, 5) is 10.8. The van der Waals surface area contributed by atoms with Crippen LogP contribution in [-0.2, 0) is 9.53 Å². The van der Waals surface area contributed by atoms with Crippen LogP contribution in [0.2, 0.25) is 0 Å². The molecule has 0 heterocycles. The van der Waals surface area contributed by atoms with E-state index < -0.39 is 6.10 Å². The highest BCUT2D eigenvalue weighted by Gasteiger charge is 1.92. The third-order valence-electron chi connectivity index (χ3n) is 1.38. The SMILES string of the molecule is CCOC(=O)C=CC=CC(O)CC. The first kappa shape index (κ1) is 11.9. The predicted molar refractivity (Wildman–Crippen MR) is 51.2 cm³/mol. The molecule has 0 aliphatic carbocycles. The number of hydrogen-bond acceptors (Lipinski definition) is 3. The van der Waals surface area contributed by atoms with Gasteiger partial charge in [0.05, 0.1) is 12.7 Å². The zero-order chi connectivity index (χ0) is 10.1. The zero-order valence-corrected chi connectivity index (χ0v) is 8.06. The first-order valence-electron chi connectivity index (χ1n) is 4.40. The molecule has 0 aromatic heterocycles. The molecule has 0 rings (SSSR count). The van der Waals surface area contributed by atoms with Crippen molar-refractivity contribution in [1.29, 1.82) is 0 Å². The first-order valence-corrected chi connectivity index (χ1v) is 4.40. The minimum atomic E-state index is -0.438. The summed E-state index contributed by atoms with van der Waals surface area (Å²) >= 11 is 0. The summed E-state index contributed by atoms with van der Waals surface area (Å²) in [5, 5.41) is 9.09. The van der Waals surface area contributed by atoms with E-state index in [0.29, 0.717) is 13.0 Å². The summed E-state index contributed by atoms with van der Waals surface area (Å²) in [6.45, 7) is 4.01. The predicted octanol–water partition coefficient (Wildman–Crippen LogP) is 1.43. The topological polar surface area (TPSA) is 46.5 Å². The summed E-state index contributed by atoms with van der Waals surface area (Å²) < 4.78 is 4.65. The molecule has 0 spiro atoms. The number of ether oxygens (including phenoxy) is 1. The lowest BCUT2D eigenvalue weighted by Gasteiger charge is -1.96. The Bertz CT molecular complexity index is 194. The van der Waals surface area contributed by atoms with Crippen LogP contribution in [-0.4, -0.2) is 23.8 Å². The van der Waals surface area contributed by atoms with Gasteiger partial charge in [-0.3, -0.25) is 0 Å². The fourth-order valence-electron chi connectivity index (χ4n) is 0.653. The van der Waals surface area contributed by atoms with E-state index >= 15 is 0 Å². The first-order chi connectivity index (χ1) is 6.20. The largest absolute Gasteiger partial charge is 0.463 e. The number of esters is 1. The van der Waals surface area contributed by atoms with Gasteiger partial charge in [-0.2, -0.15) is 0 Å². The van der Waals surface area contributed by atoms with Crippen molar-refractivity contribution in [3.8, 4) is 0 Å². The minimum Gasteiger partial charge on any atom is -0.463 e. The number of rotatable bonds is 5. The molecule has 0 fully saturated rings. The Labute approximate surface area is 78.7 Å². The Kier molecular flexibility index (Phi) is 6.92. The smallest absolute Gasteiger partial charge is 0.330 e. The van der Waals surface area contributed by atoms with Crippen LogP contribution >= 0.6 is 0 Å². The zero-order valence-electron chi connectivity index (χ0n) is 8.06. The third kappa shape index (κ3) is 7.28. The molecule has 1 unspecified atom stereocenters. The van der Waals surface area contributed by atoms with Gasteiger partial charge in [-0.1, -0.05) is 25.2 Å². The number of aliphatic hydroxyl groups is 1. The number of aliphatic hydroxyl groups excluding tert-OH is 1. The number of carbonyl (C=O) groups is 1. The van der Waals surface area contributed by atoms with E-state index in [1.54, 1.807) is 25.2 Å². The fourth-order valence-corrected chi connectivity index (χ4v) is 0.653. The standard InChI is InChI=1S/C10H16O3/c1-3-9(11)7-5-6-8-10(12)13-4-2/h5-9,11H,3-4H2,1-2H3. The van der Waals surface area contributed by atoms with Crippen molar-refractivity contribution < 1.29 is 14.6 Å². The molecule has 0 aliphatic heterocycles. The Balaban J connectivity index is 3.73. The second kappa shape index (κ2) is 7.55. The molecule has 0 aromatic rings. The van der Waals surface area contributed by atoms with Crippen LogP contribution in [0.25, 0.3) is 0 Å². The van der Waals surface area contributed by atoms with Gasteiger partial charge < -0.3 is 9.84 Å². The van der Waals surface area contributed by atoms with Gasteiger partial charge in [-0.15, -0.1) is 0 Å². The van der Waals surface area contributed by atoms with Crippen molar-refractivity contribution in [2.45, 2.75) is 26.4 Å². The van der Waals surface area contributed by atoms with Gasteiger partial charge in [0.25, 0.3) is 0 Å². The van der Waals surface area contributed by atoms with E-state index in [4.69, 9.17) is 5.11 Å². The molecule has 13 heavy (non-hydrogen) atoms. The van der Waals surface area contributed by atoms with E-state index in [1.165, 1.54) is 6.08 Å². The van der Waals surface area contributed by atoms with E-state index in [0.717, 1.165) is 0 Å². The summed E-state index contributed by atoms with van der Waals surface area (Å²) in [6, 6.07) is 0. The van der Waals surface area contributed by atoms with Crippen molar-refractivity contribution in [1.82, 2.24) is 0 Å². The molecule has 3 heteroatoms. The highest BCUT2D eigenvalue weighted by molar-refractivity contribution is 5.82. The molecule has 0 bridgehead atoms.